The summed E-state index contributed by atoms with van der Waals surface area (Å²) in [6, 6.07) is 14.2. The van der Waals surface area contributed by atoms with Crippen LogP contribution in [0.25, 0.3) is 0 Å². The summed E-state index contributed by atoms with van der Waals surface area (Å²) in [5.41, 5.74) is 4.14. The van der Waals surface area contributed by atoms with E-state index >= 15 is 0 Å². The summed E-state index contributed by atoms with van der Waals surface area (Å²) in [5.74, 6) is -0.171. The van der Waals surface area contributed by atoms with E-state index in [1.807, 2.05) is 32.9 Å². The second-order valence-electron chi connectivity index (χ2n) is 6.62. The Labute approximate surface area is 187 Å². The van der Waals surface area contributed by atoms with Crippen molar-refractivity contribution in [2.75, 3.05) is 5.32 Å². The number of carbonyl (C=O) groups excluding carboxylic acids is 1. The second-order valence-corrected chi connectivity index (χ2v) is 7.44. The Balaban J connectivity index is 2.17. The van der Waals surface area contributed by atoms with Gasteiger partial charge >= 0.3 is 0 Å². The van der Waals surface area contributed by atoms with Crippen LogP contribution < -0.4 is 5.32 Å². The van der Waals surface area contributed by atoms with Crippen molar-refractivity contribution in [3.8, 4) is 6.07 Å². The second kappa shape index (κ2) is 11.3. The molecule has 2 aromatic rings. The van der Waals surface area contributed by atoms with Crippen LogP contribution in [0.2, 0.25) is 10.0 Å². The number of hydrogen-bond acceptors (Lipinski definition) is 3. The third-order valence-electron chi connectivity index (χ3n) is 4.28. The van der Waals surface area contributed by atoms with Gasteiger partial charge in [0.15, 0.2) is 0 Å². The molecule has 0 unspecified atom stereocenters. The molecule has 1 amide bonds. The number of carbonyl (C=O) groups is 1. The molecule has 30 heavy (non-hydrogen) atoms. The van der Waals surface area contributed by atoms with Crippen molar-refractivity contribution >= 4 is 40.5 Å². The summed E-state index contributed by atoms with van der Waals surface area (Å²) in [7, 11) is 0. The van der Waals surface area contributed by atoms with Crippen molar-refractivity contribution in [3.63, 3.8) is 0 Å². The van der Waals surface area contributed by atoms with Crippen molar-refractivity contribution in [1.29, 1.82) is 5.26 Å². The first kappa shape index (κ1) is 23.4. The van der Waals surface area contributed by atoms with Crippen molar-refractivity contribution < 1.29 is 4.79 Å². The molecule has 154 valence electrons. The monoisotopic (exact) mass is 439 g/mol. The lowest BCUT2D eigenvalue weighted by atomic mass is 10.1. The molecule has 2 aromatic carbocycles. The molecular weight excluding hydrogens is 417 g/mol. The number of nitrogens with one attached hydrogen (secondary N) is 1. The van der Waals surface area contributed by atoms with Crippen LogP contribution in [-0.4, -0.2) is 11.6 Å². The molecule has 0 fully saturated rings. The van der Waals surface area contributed by atoms with Gasteiger partial charge in [-0.1, -0.05) is 54.4 Å². The molecule has 0 saturated heterocycles. The minimum atomic E-state index is -0.171. The van der Waals surface area contributed by atoms with Crippen molar-refractivity contribution in [2.24, 2.45) is 4.99 Å². The highest BCUT2D eigenvalue weighted by atomic mass is 35.5. The number of hydrogen-bond donors (Lipinski definition) is 1. The molecule has 1 N–H and O–H groups in total. The van der Waals surface area contributed by atoms with Crippen molar-refractivity contribution in [2.45, 2.75) is 33.6 Å². The van der Waals surface area contributed by atoms with E-state index in [-0.39, 0.29) is 12.3 Å². The molecule has 0 atom stereocenters. The van der Waals surface area contributed by atoms with E-state index in [1.54, 1.807) is 42.5 Å². The van der Waals surface area contributed by atoms with Crippen LogP contribution in [0.1, 0.15) is 44.7 Å². The number of rotatable bonds is 7. The zero-order valence-corrected chi connectivity index (χ0v) is 18.7. The van der Waals surface area contributed by atoms with E-state index < -0.39 is 0 Å². The SMILES string of the molecule is CC/C=C(N=C(C)c1c(Cl)cccc1Cl)\C(C)=C/CC(=O)Nc1cccc(C#N)c1. The Kier molecular flexibility index (Phi) is 8.86. The molecule has 0 radical (unpaired) electrons. The molecule has 0 bridgehead atoms. The average Bonchev–Trinajstić information content (AvgIpc) is 2.71. The highest BCUT2D eigenvalue weighted by molar-refractivity contribution is 6.40. The van der Waals surface area contributed by atoms with E-state index in [4.69, 9.17) is 33.5 Å². The fraction of sp³-hybridized carbons (Fsp3) is 0.208. The minimum absolute atomic E-state index is 0.171. The van der Waals surface area contributed by atoms with E-state index in [0.29, 0.717) is 32.6 Å². The Bertz CT molecular complexity index is 1040. The molecule has 0 aromatic heterocycles. The number of aliphatic imine (C=N–C) groups is 1. The molecule has 0 aliphatic heterocycles. The summed E-state index contributed by atoms with van der Waals surface area (Å²) in [6.45, 7) is 5.80. The summed E-state index contributed by atoms with van der Waals surface area (Å²) in [5, 5.41) is 12.8. The third kappa shape index (κ3) is 6.59. The van der Waals surface area contributed by atoms with Crippen LogP contribution >= 0.6 is 23.2 Å². The Morgan fingerprint density at radius 3 is 2.43 bits per heavy atom. The first-order chi connectivity index (χ1) is 14.3. The highest BCUT2D eigenvalue weighted by Crippen LogP contribution is 2.26. The number of nitriles is 1. The quantitative estimate of drug-likeness (QED) is 0.374. The normalized spacial score (nSPS) is 12.5. The number of benzene rings is 2. The van der Waals surface area contributed by atoms with Gasteiger partial charge in [0.25, 0.3) is 0 Å². The summed E-state index contributed by atoms with van der Waals surface area (Å²) in [6.07, 6.45) is 4.80. The molecule has 2 rings (SSSR count). The molecule has 0 aliphatic carbocycles. The van der Waals surface area contributed by atoms with Gasteiger partial charge in [-0.15, -0.1) is 0 Å². The number of anilines is 1. The Hall–Kier alpha value is -2.87. The summed E-state index contributed by atoms with van der Waals surface area (Å²) in [4.78, 5) is 17.0. The highest BCUT2D eigenvalue weighted by Gasteiger charge is 2.10. The fourth-order valence-corrected chi connectivity index (χ4v) is 3.47. The molecular formula is C24H23Cl2N3O. The van der Waals surface area contributed by atoms with Gasteiger partial charge in [-0.2, -0.15) is 5.26 Å². The van der Waals surface area contributed by atoms with Gasteiger partial charge in [-0.25, -0.2) is 0 Å². The van der Waals surface area contributed by atoms with Crippen LogP contribution in [0.5, 0.6) is 0 Å². The van der Waals surface area contributed by atoms with Crippen LogP contribution in [0, 0.1) is 11.3 Å². The molecule has 0 spiro atoms. The zero-order chi connectivity index (χ0) is 22.1. The minimum Gasteiger partial charge on any atom is -0.326 e. The number of amides is 1. The first-order valence-corrected chi connectivity index (χ1v) is 10.3. The third-order valence-corrected chi connectivity index (χ3v) is 4.91. The van der Waals surface area contributed by atoms with Crippen LogP contribution in [-0.2, 0) is 4.79 Å². The van der Waals surface area contributed by atoms with Crippen LogP contribution in [0.15, 0.2) is 70.9 Å². The first-order valence-electron chi connectivity index (χ1n) is 9.52. The maximum Gasteiger partial charge on any atom is 0.228 e. The number of allylic oxidation sites excluding steroid dienone is 2. The number of halogens is 2. The Morgan fingerprint density at radius 2 is 1.80 bits per heavy atom. The standard InChI is InChI=1S/C24H23Cl2N3O/c1-4-7-22(28-17(3)24-20(25)10-6-11-21(24)26)16(2)12-13-23(30)29-19-9-5-8-18(14-19)15-27/h5-12,14H,4,13H2,1-3H3,(H,29,30)/b16-12-,22-7+,28-17?. The van der Waals surface area contributed by atoms with E-state index in [1.165, 1.54) is 0 Å². The fourth-order valence-electron chi connectivity index (χ4n) is 2.80. The smallest absolute Gasteiger partial charge is 0.228 e. The van der Waals surface area contributed by atoms with Gasteiger partial charge in [0.05, 0.1) is 27.4 Å². The topological polar surface area (TPSA) is 65.2 Å². The van der Waals surface area contributed by atoms with E-state index in [9.17, 15) is 4.79 Å². The molecule has 6 heteroatoms. The van der Waals surface area contributed by atoms with Crippen molar-refractivity contribution in [3.05, 3.63) is 87.1 Å². The molecule has 0 saturated carbocycles. The maximum absolute atomic E-state index is 12.3. The predicted octanol–water partition coefficient (Wildman–Crippen LogP) is 6.94. The maximum atomic E-state index is 12.3. The predicted molar refractivity (Wildman–Crippen MR) is 125 cm³/mol. The van der Waals surface area contributed by atoms with Gasteiger partial charge in [0.2, 0.25) is 5.91 Å². The van der Waals surface area contributed by atoms with Gasteiger partial charge in [-0.3, -0.25) is 9.79 Å². The average molecular weight is 440 g/mol. The lowest BCUT2D eigenvalue weighted by Crippen LogP contribution is -2.10. The molecule has 4 nitrogen and oxygen atoms in total. The van der Waals surface area contributed by atoms with Crippen LogP contribution in [0.3, 0.4) is 0 Å². The van der Waals surface area contributed by atoms with Gasteiger partial charge in [0.1, 0.15) is 0 Å². The van der Waals surface area contributed by atoms with Crippen LogP contribution in [0.4, 0.5) is 5.69 Å². The lowest BCUT2D eigenvalue weighted by molar-refractivity contribution is -0.115. The molecule has 0 aliphatic rings. The van der Waals surface area contributed by atoms with Crippen molar-refractivity contribution in [1.82, 2.24) is 0 Å². The van der Waals surface area contributed by atoms with Gasteiger partial charge in [-0.05, 0) is 56.2 Å². The number of nitrogens with zero attached hydrogens (tertiary/aromatic N) is 2. The lowest BCUT2D eigenvalue weighted by Gasteiger charge is -2.09. The van der Waals surface area contributed by atoms with Gasteiger partial charge in [0, 0.05) is 23.4 Å². The molecule has 0 heterocycles. The summed E-state index contributed by atoms with van der Waals surface area (Å²) >= 11 is 12.6. The summed E-state index contributed by atoms with van der Waals surface area (Å²) < 4.78 is 0. The zero-order valence-electron chi connectivity index (χ0n) is 17.2. The van der Waals surface area contributed by atoms with Gasteiger partial charge < -0.3 is 5.32 Å². The van der Waals surface area contributed by atoms with E-state index in [0.717, 1.165) is 17.7 Å². The largest absolute Gasteiger partial charge is 0.326 e. The van der Waals surface area contributed by atoms with E-state index in [2.05, 4.69) is 11.4 Å². The Morgan fingerprint density at radius 1 is 1.13 bits per heavy atom.